The standard InChI is InChI=1S/C22H20N2O2S/c25-21(20-11-6-14-27-20)23-18(15-16-7-2-1-3-8-16)22(26)24-13-12-17-9-4-5-10-19(17)24/h1-11,14,18H,12-13,15H2,(H,23,25). The van der Waals surface area contributed by atoms with Crippen molar-refractivity contribution < 1.29 is 9.59 Å². The van der Waals surface area contributed by atoms with Gasteiger partial charge in [0.25, 0.3) is 5.91 Å². The fraction of sp³-hybridized carbons (Fsp3) is 0.182. The molecule has 0 spiro atoms. The number of carbonyl (C=O) groups is 2. The summed E-state index contributed by atoms with van der Waals surface area (Å²) in [5, 5.41) is 4.82. The maximum Gasteiger partial charge on any atom is 0.262 e. The zero-order chi connectivity index (χ0) is 18.6. The molecule has 27 heavy (non-hydrogen) atoms. The Bertz CT molecular complexity index is 938. The lowest BCUT2D eigenvalue weighted by atomic mass is 10.0. The number of para-hydroxylation sites is 1. The molecule has 1 atom stereocenters. The molecule has 136 valence electrons. The lowest BCUT2D eigenvalue weighted by Gasteiger charge is -2.25. The largest absolute Gasteiger partial charge is 0.339 e. The van der Waals surface area contributed by atoms with E-state index in [2.05, 4.69) is 11.4 Å². The maximum absolute atomic E-state index is 13.3. The summed E-state index contributed by atoms with van der Waals surface area (Å²) in [4.78, 5) is 28.3. The molecule has 0 bridgehead atoms. The SMILES string of the molecule is O=C(NC(Cc1ccccc1)C(=O)N1CCc2ccccc21)c1cccs1. The Kier molecular flexibility index (Phi) is 5.03. The highest BCUT2D eigenvalue weighted by molar-refractivity contribution is 7.12. The summed E-state index contributed by atoms with van der Waals surface area (Å²) in [6.07, 6.45) is 1.31. The van der Waals surface area contributed by atoms with Gasteiger partial charge in [-0.15, -0.1) is 11.3 Å². The third-order valence-corrected chi connectivity index (χ3v) is 5.65. The Morgan fingerprint density at radius 2 is 1.78 bits per heavy atom. The van der Waals surface area contributed by atoms with Crippen LogP contribution in [-0.2, 0) is 17.6 Å². The van der Waals surface area contributed by atoms with E-state index in [4.69, 9.17) is 0 Å². The Labute approximate surface area is 162 Å². The summed E-state index contributed by atoms with van der Waals surface area (Å²) < 4.78 is 0. The maximum atomic E-state index is 13.3. The van der Waals surface area contributed by atoms with Crippen molar-refractivity contribution in [2.24, 2.45) is 0 Å². The zero-order valence-electron chi connectivity index (χ0n) is 14.8. The van der Waals surface area contributed by atoms with Gasteiger partial charge in [0, 0.05) is 18.7 Å². The number of nitrogens with zero attached hydrogens (tertiary/aromatic N) is 1. The highest BCUT2D eigenvalue weighted by atomic mass is 32.1. The van der Waals surface area contributed by atoms with E-state index in [0.29, 0.717) is 17.8 Å². The van der Waals surface area contributed by atoms with Gasteiger partial charge in [0.05, 0.1) is 4.88 Å². The van der Waals surface area contributed by atoms with Gasteiger partial charge in [0.15, 0.2) is 0 Å². The first-order valence-corrected chi connectivity index (χ1v) is 9.88. The summed E-state index contributed by atoms with van der Waals surface area (Å²) in [5.41, 5.74) is 3.15. The second-order valence-electron chi connectivity index (χ2n) is 6.56. The molecule has 1 aliphatic heterocycles. The Hall–Kier alpha value is -2.92. The van der Waals surface area contributed by atoms with Crippen molar-refractivity contribution in [3.63, 3.8) is 0 Å². The van der Waals surface area contributed by atoms with E-state index >= 15 is 0 Å². The normalized spacial score (nSPS) is 13.9. The summed E-state index contributed by atoms with van der Waals surface area (Å²) in [7, 11) is 0. The Morgan fingerprint density at radius 3 is 2.56 bits per heavy atom. The number of fused-ring (bicyclic) bond motifs is 1. The number of thiophene rings is 1. The molecule has 1 aromatic heterocycles. The second kappa shape index (κ2) is 7.76. The minimum atomic E-state index is -0.604. The van der Waals surface area contributed by atoms with Gasteiger partial charge in [-0.05, 0) is 35.1 Å². The smallest absolute Gasteiger partial charge is 0.262 e. The number of carbonyl (C=O) groups excluding carboxylic acids is 2. The molecule has 5 heteroatoms. The van der Waals surface area contributed by atoms with E-state index in [1.807, 2.05) is 60.0 Å². The third-order valence-electron chi connectivity index (χ3n) is 4.78. The van der Waals surface area contributed by atoms with Crippen LogP contribution in [0.15, 0.2) is 72.1 Å². The third kappa shape index (κ3) is 3.78. The van der Waals surface area contributed by atoms with Gasteiger partial charge < -0.3 is 10.2 Å². The van der Waals surface area contributed by atoms with Crippen molar-refractivity contribution in [3.8, 4) is 0 Å². The Balaban J connectivity index is 1.59. The molecule has 0 radical (unpaired) electrons. The van der Waals surface area contributed by atoms with E-state index in [1.165, 1.54) is 16.9 Å². The molecule has 2 heterocycles. The molecule has 0 fully saturated rings. The van der Waals surface area contributed by atoms with E-state index in [1.54, 1.807) is 11.0 Å². The quantitative estimate of drug-likeness (QED) is 0.738. The van der Waals surface area contributed by atoms with Crippen LogP contribution in [0, 0.1) is 0 Å². The number of hydrogen-bond donors (Lipinski definition) is 1. The summed E-state index contributed by atoms with van der Waals surface area (Å²) in [6, 6.07) is 20.8. The number of anilines is 1. The second-order valence-corrected chi connectivity index (χ2v) is 7.51. The van der Waals surface area contributed by atoms with Gasteiger partial charge in [0.2, 0.25) is 5.91 Å². The first kappa shape index (κ1) is 17.5. The number of amides is 2. The number of nitrogens with one attached hydrogen (secondary N) is 1. The van der Waals surface area contributed by atoms with Crippen LogP contribution in [0.5, 0.6) is 0 Å². The number of benzene rings is 2. The molecule has 2 amide bonds. The van der Waals surface area contributed by atoms with Crippen molar-refractivity contribution in [2.45, 2.75) is 18.9 Å². The van der Waals surface area contributed by atoms with Crippen LogP contribution in [0.2, 0.25) is 0 Å². The van der Waals surface area contributed by atoms with E-state index < -0.39 is 6.04 Å². The summed E-state index contributed by atoms with van der Waals surface area (Å²) in [5.74, 6) is -0.263. The van der Waals surface area contributed by atoms with Crippen LogP contribution in [0.4, 0.5) is 5.69 Å². The van der Waals surface area contributed by atoms with Crippen LogP contribution in [0.1, 0.15) is 20.8 Å². The van der Waals surface area contributed by atoms with Crippen LogP contribution in [0.3, 0.4) is 0 Å². The molecule has 0 aliphatic carbocycles. The van der Waals surface area contributed by atoms with Gasteiger partial charge in [-0.3, -0.25) is 9.59 Å². The molecule has 1 N–H and O–H groups in total. The predicted octanol–water partition coefficient (Wildman–Crippen LogP) is 3.68. The monoisotopic (exact) mass is 376 g/mol. The molecule has 0 saturated carbocycles. The van der Waals surface area contributed by atoms with Gasteiger partial charge in [-0.2, -0.15) is 0 Å². The van der Waals surface area contributed by atoms with Crippen LogP contribution >= 0.6 is 11.3 Å². The predicted molar refractivity (Wildman–Crippen MR) is 108 cm³/mol. The van der Waals surface area contributed by atoms with Crippen LogP contribution < -0.4 is 10.2 Å². The molecule has 1 unspecified atom stereocenters. The highest BCUT2D eigenvalue weighted by Gasteiger charge is 2.31. The van der Waals surface area contributed by atoms with E-state index in [-0.39, 0.29) is 11.8 Å². The van der Waals surface area contributed by atoms with E-state index in [0.717, 1.165) is 17.7 Å². The van der Waals surface area contributed by atoms with Crippen molar-refractivity contribution in [1.29, 1.82) is 0 Å². The van der Waals surface area contributed by atoms with Crippen molar-refractivity contribution in [2.75, 3.05) is 11.4 Å². The fourth-order valence-corrected chi connectivity index (χ4v) is 4.07. The topological polar surface area (TPSA) is 49.4 Å². The van der Waals surface area contributed by atoms with Crippen molar-refractivity contribution in [1.82, 2.24) is 5.32 Å². The highest BCUT2D eigenvalue weighted by Crippen LogP contribution is 2.28. The minimum absolute atomic E-state index is 0.0614. The summed E-state index contributed by atoms with van der Waals surface area (Å²) >= 11 is 1.37. The van der Waals surface area contributed by atoms with Gasteiger partial charge >= 0.3 is 0 Å². The van der Waals surface area contributed by atoms with Gasteiger partial charge in [-0.1, -0.05) is 54.6 Å². The first-order chi connectivity index (χ1) is 13.2. The molecule has 1 aliphatic rings. The molecular formula is C22H20N2O2S. The Morgan fingerprint density at radius 1 is 1.00 bits per heavy atom. The van der Waals surface area contributed by atoms with Crippen molar-refractivity contribution in [3.05, 3.63) is 88.1 Å². The average molecular weight is 376 g/mol. The van der Waals surface area contributed by atoms with E-state index in [9.17, 15) is 9.59 Å². The molecule has 4 rings (SSSR count). The molecule has 4 nitrogen and oxygen atoms in total. The van der Waals surface area contributed by atoms with Crippen LogP contribution in [0.25, 0.3) is 0 Å². The van der Waals surface area contributed by atoms with Gasteiger partial charge in [-0.25, -0.2) is 0 Å². The molecule has 3 aromatic rings. The number of rotatable bonds is 5. The molecular weight excluding hydrogens is 356 g/mol. The zero-order valence-corrected chi connectivity index (χ0v) is 15.6. The lowest BCUT2D eigenvalue weighted by molar-refractivity contribution is -0.120. The first-order valence-electron chi connectivity index (χ1n) is 9.00. The molecule has 2 aromatic carbocycles. The summed E-state index contributed by atoms with van der Waals surface area (Å²) in [6.45, 7) is 0.651. The average Bonchev–Trinajstić information content (AvgIpc) is 3.38. The number of hydrogen-bond acceptors (Lipinski definition) is 3. The lowest BCUT2D eigenvalue weighted by Crippen LogP contribution is -2.49. The van der Waals surface area contributed by atoms with Gasteiger partial charge in [0.1, 0.15) is 6.04 Å². The van der Waals surface area contributed by atoms with Crippen LogP contribution in [-0.4, -0.2) is 24.4 Å². The van der Waals surface area contributed by atoms with Crippen molar-refractivity contribution >= 4 is 28.8 Å². The minimum Gasteiger partial charge on any atom is -0.339 e. The fourth-order valence-electron chi connectivity index (χ4n) is 3.44. The molecule has 0 saturated heterocycles.